The number of halogens is 4. The standard InChI is InChI=1S/C24H20ClF3N2O3/c25-21-16(3-1-4-18(21)19-10-11-20(31)29-22(19)32)14-6-8-15(9-7-14)17-5-2-12-30(23(17)33)13-24(26,27)28/h1-9,12,19,23,33H,10-11,13H2,(H,29,31,32). The number of carbonyl (C=O) groups excluding carboxylic acids is 2. The van der Waals surface area contributed by atoms with Gasteiger partial charge >= 0.3 is 6.18 Å². The average molecular weight is 477 g/mol. The second kappa shape index (κ2) is 9.03. The first kappa shape index (κ1) is 23.1. The van der Waals surface area contributed by atoms with E-state index in [0.717, 1.165) is 10.5 Å². The summed E-state index contributed by atoms with van der Waals surface area (Å²) in [6.45, 7) is -1.26. The Morgan fingerprint density at radius 1 is 1.09 bits per heavy atom. The lowest BCUT2D eigenvalue weighted by molar-refractivity contribution is -0.151. The quantitative estimate of drug-likeness (QED) is 0.632. The number of nitrogens with zero attached hydrogens (tertiary/aromatic N) is 1. The van der Waals surface area contributed by atoms with Gasteiger partial charge < -0.3 is 10.0 Å². The highest BCUT2D eigenvalue weighted by Crippen LogP contribution is 2.38. The summed E-state index contributed by atoms with van der Waals surface area (Å²) in [6, 6.07) is 12.2. The highest BCUT2D eigenvalue weighted by molar-refractivity contribution is 6.34. The number of imide groups is 1. The molecule has 2 N–H and O–H groups in total. The molecule has 9 heteroatoms. The summed E-state index contributed by atoms with van der Waals surface area (Å²) in [5, 5.41) is 13.2. The molecule has 0 bridgehead atoms. The summed E-state index contributed by atoms with van der Waals surface area (Å²) in [4.78, 5) is 24.5. The summed E-state index contributed by atoms with van der Waals surface area (Å²) in [5.41, 5.74) is 2.96. The highest BCUT2D eigenvalue weighted by Gasteiger charge is 2.34. The number of allylic oxidation sites excluding steroid dienone is 2. The first-order valence-corrected chi connectivity index (χ1v) is 10.6. The van der Waals surface area contributed by atoms with Crippen LogP contribution in [0.2, 0.25) is 5.02 Å². The van der Waals surface area contributed by atoms with E-state index in [9.17, 15) is 27.9 Å². The van der Waals surface area contributed by atoms with Crippen molar-refractivity contribution < 1.29 is 27.9 Å². The second-order valence-electron chi connectivity index (χ2n) is 7.91. The number of carbonyl (C=O) groups is 2. The lowest BCUT2D eigenvalue weighted by Crippen LogP contribution is -2.39. The van der Waals surface area contributed by atoms with Gasteiger partial charge in [-0.15, -0.1) is 0 Å². The molecule has 2 aliphatic heterocycles. The number of alkyl halides is 3. The Kier molecular flexibility index (Phi) is 6.32. The zero-order chi connectivity index (χ0) is 23.8. The molecule has 2 heterocycles. The molecule has 1 fully saturated rings. The van der Waals surface area contributed by atoms with Crippen molar-refractivity contribution in [2.24, 2.45) is 0 Å². The third kappa shape index (κ3) is 4.96. The lowest BCUT2D eigenvalue weighted by atomic mass is 9.88. The van der Waals surface area contributed by atoms with E-state index in [0.29, 0.717) is 33.7 Å². The Bertz CT molecular complexity index is 1140. The Morgan fingerprint density at radius 2 is 1.79 bits per heavy atom. The van der Waals surface area contributed by atoms with Crippen LogP contribution in [0.3, 0.4) is 0 Å². The zero-order valence-corrected chi connectivity index (χ0v) is 18.0. The Hall–Kier alpha value is -3.10. The van der Waals surface area contributed by atoms with Gasteiger partial charge in [0, 0.05) is 23.8 Å². The van der Waals surface area contributed by atoms with Gasteiger partial charge in [-0.2, -0.15) is 13.2 Å². The van der Waals surface area contributed by atoms with E-state index in [1.165, 1.54) is 12.3 Å². The first-order chi connectivity index (χ1) is 15.6. The van der Waals surface area contributed by atoms with E-state index in [1.54, 1.807) is 48.5 Å². The van der Waals surface area contributed by atoms with Crippen LogP contribution in [0.1, 0.15) is 29.9 Å². The molecule has 2 atom stereocenters. The van der Waals surface area contributed by atoms with Gasteiger partial charge in [0.25, 0.3) is 0 Å². The molecule has 0 spiro atoms. The van der Waals surface area contributed by atoms with Crippen LogP contribution in [0.4, 0.5) is 13.2 Å². The van der Waals surface area contributed by atoms with E-state index in [-0.39, 0.29) is 18.2 Å². The predicted molar refractivity (Wildman–Crippen MR) is 118 cm³/mol. The van der Waals surface area contributed by atoms with Crippen LogP contribution in [0, 0.1) is 0 Å². The van der Waals surface area contributed by atoms with Gasteiger partial charge in [-0.05, 0) is 29.2 Å². The Balaban J connectivity index is 1.58. The molecule has 0 saturated carbocycles. The molecule has 0 aliphatic carbocycles. The maximum atomic E-state index is 12.8. The smallest absolute Gasteiger partial charge is 0.369 e. The molecule has 172 valence electrons. The largest absolute Gasteiger partial charge is 0.406 e. The predicted octanol–water partition coefficient (Wildman–Crippen LogP) is 4.62. The van der Waals surface area contributed by atoms with Gasteiger partial charge in [-0.25, -0.2) is 0 Å². The summed E-state index contributed by atoms with van der Waals surface area (Å²) in [6.07, 6.45) is -1.02. The number of hydrogen-bond donors (Lipinski definition) is 2. The van der Waals surface area contributed by atoms with Crippen molar-refractivity contribution in [3.8, 4) is 11.1 Å². The second-order valence-corrected chi connectivity index (χ2v) is 8.29. The summed E-state index contributed by atoms with van der Waals surface area (Å²) in [5.74, 6) is -1.21. The topological polar surface area (TPSA) is 69.6 Å². The molecule has 2 aliphatic rings. The number of rotatable bonds is 4. The van der Waals surface area contributed by atoms with Gasteiger partial charge in [0.2, 0.25) is 11.8 Å². The molecular formula is C24H20ClF3N2O3. The minimum Gasteiger partial charge on any atom is -0.369 e. The summed E-state index contributed by atoms with van der Waals surface area (Å²) in [7, 11) is 0. The highest BCUT2D eigenvalue weighted by atomic mass is 35.5. The van der Waals surface area contributed by atoms with E-state index in [2.05, 4.69) is 5.32 Å². The van der Waals surface area contributed by atoms with Gasteiger partial charge in [-0.3, -0.25) is 14.9 Å². The van der Waals surface area contributed by atoms with E-state index < -0.39 is 24.9 Å². The molecule has 2 amide bonds. The van der Waals surface area contributed by atoms with E-state index in [1.807, 2.05) is 0 Å². The maximum absolute atomic E-state index is 12.8. The number of benzene rings is 2. The molecule has 2 unspecified atom stereocenters. The van der Waals surface area contributed by atoms with Gasteiger partial charge in [0.05, 0.1) is 10.9 Å². The third-order valence-corrected chi connectivity index (χ3v) is 6.10. The van der Waals surface area contributed by atoms with Crippen molar-refractivity contribution in [2.75, 3.05) is 6.54 Å². The minimum atomic E-state index is -4.44. The SMILES string of the molecule is O=C1CCC(c2cccc(-c3ccc(C4=CC=CN(CC(F)(F)F)C4O)cc3)c2Cl)C(=O)N1. The fourth-order valence-electron chi connectivity index (χ4n) is 4.07. The Labute approximate surface area is 193 Å². The van der Waals surface area contributed by atoms with Crippen LogP contribution < -0.4 is 5.32 Å². The van der Waals surface area contributed by atoms with E-state index in [4.69, 9.17) is 11.6 Å². The van der Waals surface area contributed by atoms with Crippen LogP contribution >= 0.6 is 11.6 Å². The zero-order valence-electron chi connectivity index (χ0n) is 17.3. The van der Waals surface area contributed by atoms with Crippen molar-refractivity contribution in [3.63, 3.8) is 0 Å². The molecular weight excluding hydrogens is 457 g/mol. The normalized spacial score (nSPS) is 21.1. The molecule has 0 radical (unpaired) electrons. The van der Waals surface area contributed by atoms with Gasteiger partial charge in [0.15, 0.2) is 6.23 Å². The summed E-state index contributed by atoms with van der Waals surface area (Å²) < 4.78 is 38.3. The molecule has 2 aromatic carbocycles. The van der Waals surface area contributed by atoms with Gasteiger partial charge in [0.1, 0.15) is 6.54 Å². The van der Waals surface area contributed by atoms with Crippen molar-refractivity contribution in [2.45, 2.75) is 31.2 Å². The van der Waals surface area contributed by atoms with Crippen LogP contribution in [-0.2, 0) is 9.59 Å². The molecule has 33 heavy (non-hydrogen) atoms. The van der Waals surface area contributed by atoms with Crippen molar-refractivity contribution in [1.29, 1.82) is 0 Å². The van der Waals surface area contributed by atoms with Crippen LogP contribution in [0.5, 0.6) is 0 Å². The van der Waals surface area contributed by atoms with Crippen molar-refractivity contribution in [3.05, 3.63) is 77.0 Å². The fraction of sp³-hybridized carbons (Fsp3) is 0.250. The van der Waals surface area contributed by atoms with Crippen molar-refractivity contribution >= 4 is 29.0 Å². The molecule has 1 saturated heterocycles. The first-order valence-electron chi connectivity index (χ1n) is 10.3. The monoisotopic (exact) mass is 476 g/mol. The van der Waals surface area contributed by atoms with Crippen molar-refractivity contribution in [1.82, 2.24) is 10.2 Å². The Morgan fingerprint density at radius 3 is 2.45 bits per heavy atom. The minimum absolute atomic E-state index is 0.239. The third-order valence-electron chi connectivity index (χ3n) is 5.68. The van der Waals surface area contributed by atoms with Crippen LogP contribution in [-0.4, -0.2) is 40.8 Å². The fourth-order valence-corrected chi connectivity index (χ4v) is 4.44. The van der Waals surface area contributed by atoms with Gasteiger partial charge in [-0.1, -0.05) is 60.1 Å². The average Bonchev–Trinajstić information content (AvgIpc) is 2.75. The number of aliphatic hydroxyl groups excluding tert-OH is 1. The molecule has 0 aromatic heterocycles. The molecule has 4 rings (SSSR count). The summed E-state index contributed by atoms with van der Waals surface area (Å²) >= 11 is 6.63. The van der Waals surface area contributed by atoms with E-state index >= 15 is 0 Å². The number of amides is 2. The van der Waals surface area contributed by atoms with Crippen LogP contribution in [0.25, 0.3) is 16.7 Å². The molecule has 5 nitrogen and oxygen atoms in total. The number of hydrogen-bond acceptors (Lipinski definition) is 4. The number of piperidine rings is 1. The molecule has 2 aromatic rings. The maximum Gasteiger partial charge on any atom is 0.406 e. The number of aliphatic hydroxyl groups is 1. The lowest BCUT2D eigenvalue weighted by Gasteiger charge is -2.31. The van der Waals surface area contributed by atoms with Crippen LogP contribution in [0.15, 0.2) is 60.8 Å². The number of nitrogens with one attached hydrogen (secondary N) is 1.